The number of fused-ring (bicyclic) bond motifs is 2. The van der Waals surface area contributed by atoms with Gasteiger partial charge in [0.05, 0.1) is 37.2 Å². The van der Waals surface area contributed by atoms with Crippen LogP contribution in [0.4, 0.5) is 5.69 Å². The number of hydrazine groups is 1. The van der Waals surface area contributed by atoms with Crippen LogP contribution >= 0.6 is 11.3 Å². The van der Waals surface area contributed by atoms with E-state index >= 15 is 0 Å². The van der Waals surface area contributed by atoms with E-state index in [1.54, 1.807) is 37.1 Å². The van der Waals surface area contributed by atoms with Gasteiger partial charge in [-0.2, -0.15) is 0 Å². The number of nitrogens with zero attached hydrogens (tertiary/aromatic N) is 4. The molecule has 5 aromatic rings. The maximum atomic E-state index is 6.25. The minimum atomic E-state index is 0.134. The third-order valence-electron chi connectivity index (χ3n) is 5.17. The summed E-state index contributed by atoms with van der Waals surface area (Å²) < 4.78 is 24.4. The second-order valence-corrected chi connectivity index (χ2v) is 8.14. The zero-order valence-electron chi connectivity index (χ0n) is 18.5. The molecule has 0 saturated heterocycles. The molecule has 0 unspecified atom stereocenters. The molecule has 34 heavy (non-hydrogen) atoms. The number of rotatable bonds is 8. The minimum Gasteiger partial charge on any atom is -0.496 e. The van der Waals surface area contributed by atoms with E-state index in [1.165, 1.54) is 22.5 Å². The first-order valence-corrected chi connectivity index (χ1v) is 11.1. The SMILES string of the molecule is COc1cc(OC/C(=C/N)N(N)c2ccccc2)c2cc(-c3cn4nc(OC)sc4n3)oc2c1. The number of para-hydroxylation sites is 1. The van der Waals surface area contributed by atoms with E-state index in [-0.39, 0.29) is 6.61 Å². The van der Waals surface area contributed by atoms with E-state index < -0.39 is 0 Å². The van der Waals surface area contributed by atoms with Gasteiger partial charge in [-0.3, -0.25) is 5.01 Å². The molecule has 0 spiro atoms. The van der Waals surface area contributed by atoms with Gasteiger partial charge in [0, 0.05) is 18.3 Å². The van der Waals surface area contributed by atoms with Gasteiger partial charge < -0.3 is 24.4 Å². The number of aromatic nitrogens is 3. The highest BCUT2D eigenvalue weighted by molar-refractivity contribution is 7.18. The summed E-state index contributed by atoms with van der Waals surface area (Å²) >= 11 is 1.34. The Balaban J connectivity index is 1.45. The van der Waals surface area contributed by atoms with E-state index in [9.17, 15) is 0 Å². The van der Waals surface area contributed by atoms with Crippen molar-refractivity contribution in [2.24, 2.45) is 11.6 Å². The molecule has 3 heterocycles. The molecule has 10 nitrogen and oxygen atoms in total. The number of hydrogen-bond acceptors (Lipinski definition) is 10. The highest BCUT2D eigenvalue weighted by Crippen LogP contribution is 2.37. The monoisotopic (exact) mass is 478 g/mol. The van der Waals surface area contributed by atoms with Gasteiger partial charge in [-0.1, -0.05) is 18.2 Å². The Morgan fingerprint density at radius 2 is 2.00 bits per heavy atom. The number of imidazole rings is 1. The minimum absolute atomic E-state index is 0.134. The molecule has 0 amide bonds. The maximum Gasteiger partial charge on any atom is 0.294 e. The summed E-state index contributed by atoms with van der Waals surface area (Å²) in [5.41, 5.74) is 8.45. The molecule has 4 N–H and O–H groups in total. The smallest absolute Gasteiger partial charge is 0.294 e. The fourth-order valence-electron chi connectivity index (χ4n) is 3.43. The Morgan fingerprint density at radius 1 is 1.18 bits per heavy atom. The molecule has 3 aromatic heterocycles. The third kappa shape index (κ3) is 3.98. The first-order valence-electron chi connectivity index (χ1n) is 10.2. The van der Waals surface area contributed by atoms with Gasteiger partial charge in [-0.25, -0.2) is 15.3 Å². The van der Waals surface area contributed by atoms with Gasteiger partial charge in [0.2, 0.25) is 4.96 Å². The zero-order valence-corrected chi connectivity index (χ0v) is 19.3. The Morgan fingerprint density at radius 3 is 2.71 bits per heavy atom. The number of anilines is 1. The Bertz CT molecular complexity index is 1440. The van der Waals surface area contributed by atoms with Crippen LogP contribution in [0.5, 0.6) is 16.7 Å². The molecule has 0 aliphatic carbocycles. The van der Waals surface area contributed by atoms with E-state index in [2.05, 4.69) is 10.1 Å². The van der Waals surface area contributed by atoms with E-state index in [0.717, 1.165) is 11.1 Å². The number of nitrogens with two attached hydrogens (primary N) is 2. The fourth-order valence-corrected chi connectivity index (χ4v) is 4.13. The van der Waals surface area contributed by atoms with Gasteiger partial charge in [0.25, 0.3) is 5.19 Å². The van der Waals surface area contributed by atoms with Gasteiger partial charge >= 0.3 is 0 Å². The van der Waals surface area contributed by atoms with Crippen molar-refractivity contribution in [2.75, 3.05) is 25.8 Å². The molecule has 0 saturated carbocycles. The quantitative estimate of drug-likeness (QED) is 0.253. The summed E-state index contributed by atoms with van der Waals surface area (Å²) in [6.07, 6.45) is 3.20. The first kappa shape index (κ1) is 21.6. The summed E-state index contributed by atoms with van der Waals surface area (Å²) in [4.78, 5) is 5.28. The summed E-state index contributed by atoms with van der Waals surface area (Å²) in [5.74, 6) is 7.97. The lowest BCUT2D eigenvalue weighted by atomic mass is 10.2. The second-order valence-electron chi connectivity index (χ2n) is 7.23. The van der Waals surface area contributed by atoms with Crippen molar-refractivity contribution < 1.29 is 18.6 Å². The van der Waals surface area contributed by atoms with Crippen molar-refractivity contribution in [3.63, 3.8) is 0 Å². The number of methoxy groups -OCH3 is 2. The van der Waals surface area contributed by atoms with Crippen molar-refractivity contribution in [1.29, 1.82) is 0 Å². The lowest BCUT2D eigenvalue weighted by molar-refractivity contribution is 0.347. The van der Waals surface area contributed by atoms with Gasteiger partial charge in [0.1, 0.15) is 29.4 Å². The number of furan rings is 1. The number of ether oxygens (including phenoxy) is 3. The average molecular weight is 479 g/mol. The third-order valence-corrected chi connectivity index (χ3v) is 6.06. The molecule has 0 aliphatic heterocycles. The van der Waals surface area contributed by atoms with Gasteiger partial charge in [-0.15, -0.1) is 5.10 Å². The molecule has 174 valence electrons. The topological polar surface area (TPSA) is 126 Å². The molecule has 0 fully saturated rings. The largest absolute Gasteiger partial charge is 0.496 e. The molecule has 0 atom stereocenters. The molecular weight excluding hydrogens is 456 g/mol. The van der Waals surface area contributed by atoms with Crippen LogP contribution in [-0.4, -0.2) is 35.4 Å². The average Bonchev–Trinajstić information content (AvgIpc) is 3.57. The standard InChI is InChI=1S/C23H22N6O4S/c1-30-16-8-19(32-13-15(11-24)29(25)14-6-4-3-5-7-14)17-10-21(33-20(17)9-16)18-12-28-22(26-18)34-23(27-28)31-2/h3-12H,13,24-25H2,1-2H3/b15-11-. The summed E-state index contributed by atoms with van der Waals surface area (Å²) in [7, 11) is 3.15. The van der Waals surface area contributed by atoms with Crippen molar-refractivity contribution in [2.45, 2.75) is 0 Å². The fraction of sp³-hybridized carbons (Fsp3) is 0.130. The van der Waals surface area contributed by atoms with Crippen molar-refractivity contribution >= 4 is 33.0 Å². The van der Waals surface area contributed by atoms with Crippen LogP contribution in [0.25, 0.3) is 27.4 Å². The van der Waals surface area contributed by atoms with Crippen molar-refractivity contribution in [1.82, 2.24) is 14.6 Å². The van der Waals surface area contributed by atoms with Crippen LogP contribution in [0.3, 0.4) is 0 Å². The Kier molecular flexibility index (Phi) is 5.70. The Hall–Kier alpha value is -4.22. The molecule has 0 aliphatic rings. The highest BCUT2D eigenvalue weighted by Gasteiger charge is 2.18. The van der Waals surface area contributed by atoms with Crippen LogP contribution in [0.15, 0.2) is 71.0 Å². The van der Waals surface area contributed by atoms with E-state index in [4.69, 9.17) is 30.2 Å². The highest BCUT2D eigenvalue weighted by atomic mass is 32.1. The van der Waals surface area contributed by atoms with Crippen LogP contribution in [0.2, 0.25) is 0 Å². The summed E-state index contributed by atoms with van der Waals surface area (Å²) in [6, 6.07) is 14.9. The Labute approximate surface area is 198 Å². The van der Waals surface area contributed by atoms with E-state index in [0.29, 0.717) is 44.4 Å². The molecule has 5 rings (SSSR count). The number of benzene rings is 2. The predicted molar refractivity (Wildman–Crippen MR) is 130 cm³/mol. The normalized spacial score (nSPS) is 11.8. The van der Waals surface area contributed by atoms with Gasteiger partial charge in [0.15, 0.2) is 5.76 Å². The lowest BCUT2D eigenvalue weighted by Crippen LogP contribution is -2.33. The summed E-state index contributed by atoms with van der Waals surface area (Å²) in [6.45, 7) is 0.134. The van der Waals surface area contributed by atoms with Gasteiger partial charge in [-0.05, 0) is 29.5 Å². The summed E-state index contributed by atoms with van der Waals surface area (Å²) in [5, 5.41) is 7.08. The second kappa shape index (κ2) is 8.96. The van der Waals surface area contributed by atoms with Crippen LogP contribution < -0.4 is 30.8 Å². The van der Waals surface area contributed by atoms with Crippen molar-refractivity contribution in [3.8, 4) is 28.1 Å². The molecule has 2 aromatic carbocycles. The van der Waals surface area contributed by atoms with Crippen LogP contribution in [-0.2, 0) is 0 Å². The molecule has 0 radical (unpaired) electrons. The predicted octanol–water partition coefficient (Wildman–Crippen LogP) is 3.78. The maximum absolute atomic E-state index is 6.25. The number of hydrogen-bond donors (Lipinski definition) is 2. The van der Waals surface area contributed by atoms with Crippen LogP contribution in [0, 0.1) is 0 Å². The zero-order chi connectivity index (χ0) is 23.7. The molecule has 0 bridgehead atoms. The van der Waals surface area contributed by atoms with Crippen molar-refractivity contribution in [3.05, 3.63) is 66.6 Å². The van der Waals surface area contributed by atoms with E-state index in [1.807, 2.05) is 36.4 Å². The molecular formula is C23H22N6O4S. The van der Waals surface area contributed by atoms with Crippen LogP contribution in [0.1, 0.15) is 0 Å². The first-order chi connectivity index (χ1) is 16.6. The lowest BCUT2D eigenvalue weighted by Gasteiger charge is -2.22. The molecule has 11 heteroatoms.